The van der Waals surface area contributed by atoms with E-state index in [0.29, 0.717) is 25.1 Å². The van der Waals surface area contributed by atoms with E-state index >= 15 is 0 Å². The number of carbonyl (C=O) groups is 2. The van der Waals surface area contributed by atoms with Gasteiger partial charge >= 0.3 is 5.97 Å². The minimum atomic E-state index is -0.968. The molecule has 1 aliphatic heterocycles. The molecule has 92 valence electrons. The van der Waals surface area contributed by atoms with Gasteiger partial charge in [-0.1, -0.05) is 38.5 Å². The highest BCUT2D eigenvalue weighted by Crippen LogP contribution is 2.34. The minimum absolute atomic E-state index is 0.0794. The third-order valence-electron chi connectivity index (χ3n) is 3.00. The summed E-state index contributed by atoms with van der Waals surface area (Å²) in [6, 6.07) is 0. The summed E-state index contributed by atoms with van der Waals surface area (Å²) in [5, 5.41) is 9.38. The Morgan fingerprint density at radius 2 is 2.00 bits per heavy atom. The lowest BCUT2D eigenvalue weighted by Crippen LogP contribution is -2.54. The van der Waals surface area contributed by atoms with Crippen molar-refractivity contribution in [2.24, 2.45) is 0 Å². The van der Waals surface area contributed by atoms with Gasteiger partial charge in [0.2, 0.25) is 0 Å². The first-order chi connectivity index (χ1) is 7.58. The topological polar surface area (TPSA) is 57.6 Å². The summed E-state index contributed by atoms with van der Waals surface area (Å²) in [5.74, 6) is -0.145. The summed E-state index contributed by atoms with van der Waals surface area (Å²) in [6.07, 6.45) is 2.65. The Labute approximate surface area is 100 Å². The molecular weight excluding hydrogens is 226 g/mol. The van der Waals surface area contributed by atoms with Crippen molar-refractivity contribution >= 4 is 23.0 Å². The Morgan fingerprint density at radius 1 is 1.44 bits per heavy atom. The number of amides is 1. The molecule has 16 heavy (non-hydrogen) atoms. The highest BCUT2D eigenvalue weighted by Gasteiger charge is 2.46. The van der Waals surface area contributed by atoms with Crippen LogP contribution in [0.3, 0.4) is 0 Å². The highest BCUT2D eigenvalue weighted by molar-refractivity contribution is 8.13. The number of carboxylic acids is 1. The lowest BCUT2D eigenvalue weighted by atomic mass is 9.87. The van der Waals surface area contributed by atoms with Gasteiger partial charge in [0.05, 0.1) is 0 Å². The molecule has 1 heterocycles. The number of hydrogen-bond acceptors (Lipinski definition) is 3. The fraction of sp³-hybridized carbons (Fsp3) is 0.818. The molecule has 1 N–H and O–H groups in total. The van der Waals surface area contributed by atoms with Crippen molar-refractivity contribution in [3.63, 3.8) is 0 Å². The van der Waals surface area contributed by atoms with E-state index in [4.69, 9.17) is 0 Å². The molecule has 0 atom stereocenters. The lowest BCUT2D eigenvalue weighted by molar-refractivity contribution is -0.150. The summed E-state index contributed by atoms with van der Waals surface area (Å²) in [5.41, 5.74) is -0.968. The fourth-order valence-electron chi connectivity index (χ4n) is 2.33. The second-order valence-corrected chi connectivity index (χ2v) is 5.15. The van der Waals surface area contributed by atoms with E-state index in [1.54, 1.807) is 4.90 Å². The van der Waals surface area contributed by atoms with Crippen LogP contribution < -0.4 is 0 Å². The predicted octanol–water partition coefficient (Wildman–Crippen LogP) is 2.58. The third kappa shape index (κ3) is 2.34. The Bertz CT molecular complexity index is 274. The number of aliphatic carboxylic acids is 1. The van der Waals surface area contributed by atoms with Gasteiger partial charge in [-0.15, -0.1) is 0 Å². The van der Waals surface area contributed by atoms with Crippen molar-refractivity contribution in [3.05, 3.63) is 0 Å². The van der Waals surface area contributed by atoms with Crippen molar-refractivity contribution in [2.45, 2.75) is 45.1 Å². The van der Waals surface area contributed by atoms with E-state index in [1.165, 1.54) is 11.8 Å². The van der Waals surface area contributed by atoms with Crippen LogP contribution in [0.25, 0.3) is 0 Å². The normalized spacial score (nSPS) is 16.9. The number of thioether (sulfide) groups is 1. The van der Waals surface area contributed by atoms with Crippen molar-refractivity contribution < 1.29 is 14.7 Å². The van der Waals surface area contributed by atoms with E-state index in [0.717, 1.165) is 12.8 Å². The SMILES string of the molecule is CCCC(CCC)(C(=O)O)N1CCSC1=O. The number of hydrogen-bond donors (Lipinski definition) is 1. The number of nitrogens with zero attached hydrogens (tertiary/aromatic N) is 1. The molecule has 0 spiro atoms. The van der Waals surface area contributed by atoms with Crippen LogP contribution in [-0.2, 0) is 4.79 Å². The summed E-state index contributed by atoms with van der Waals surface area (Å²) >= 11 is 1.23. The van der Waals surface area contributed by atoms with E-state index in [1.807, 2.05) is 13.8 Å². The molecule has 0 aromatic carbocycles. The monoisotopic (exact) mass is 245 g/mol. The van der Waals surface area contributed by atoms with Crippen LogP contribution in [0.4, 0.5) is 4.79 Å². The van der Waals surface area contributed by atoms with E-state index in [2.05, 4.69) is 0 Å². The minimum Gasteiger partial charge on any atom is -0.479 e. The van der Waals surface area contributed by atoms with Crippen molar-refractivity contribution in [3.8, 4) is 0 Å². The molecule has 0 aromatic rings. The van der Waals surface area contributed by atoms with Gasteiger partial charge < -0.3 is 10.0 Å². The van der Waals surface area contributed by atoms with Gasteiger partial charge in [-0.05, 0) is 12.8 Å². The molecule has 1 fully saturated rings. The molecule has 0 unspecified atom stereocenters. The average molecular weight is 245 g/mol. The second kappa shape index (κ2) is 5.57. The first-order valence-corrected chi connectivity index (χ1v) is 6.75. The summed E-state index contributed by atoms with van der Waals surface area (Å²) in [7, 11) is 0. The standard InChI is InChI=1S/C11H19NO3S/c1-3-5-11(6-4-2,9(13)14)12-7-8-16-10(12)15/h3-8H2,1-2H3,(H,13,14). The maximum Gasteiger partial charge on any atom is 0.329 e. The van der Waals surface area contributed by atoms with Gasteiger partial charge in [0.25, 0.3) is 5.24 Å². The Hall–Kier alpha value is -0.710. The van der Waals surface area contributed by atoms with Gasteiger partial charge in [-0.2, -0.15) is 0 Å². The second-order valence-electron chi connectivity index (χ2n) is 4.10. The zero-order valence-electron chi connectivity index (χ0n) is 9.86. The first-order valence-electron chi connectivity index (χ1n) is 5.76. The zero-order chi connectivity index (χ0) is 12.2. The molecule has 1 saturated heterocycles. The molecule has 0 aromatic heterocycles. The van der Waals surface area contributed by atoms with Crippen molar-refractivity contribution in [2.75, 3.05) is 12.3 Å². The van der Waals surface area contributed by atoms with Crippen LogP contribution in [0, 0.1) is 0 Å². The van der Waals surface area contributed by atoms with E-state index in [-0.39, 0.29) is 5.24 Å². The van der Waals surface area contributed by atoms with Gasteiger partial charge in [-0.3, -0.25) is 4.79 Å². The van der Waals surface area contributed by atoms with Gasteiger partial charge in [0, 0.05) is 12.3 Å². The Kier molecular flexibility index (Phi) is 4.65. The van der Waals surface area contributed by atoms with Crippen molar-refractivity contribution in [1.82, 2.24) is 4.90 Å². The molecule has 5 heteroatoms. The maximum atomic E-state index is 11.7. The maximum absolute atomic E-state index is 11.7. The molecule has 0 radical (unpaired) electrons. The molecule has 1 aliphatic rings. The quantitative estimate of drug-likeness (QED) is 0.781. The largest absolute Gasteiger partial charge is 0.479 e. The molecule has 0 aliphatic carbocycles. The summed E-state index contributed by atoms with van der Waals surface area (Å²) in [6.45, 7) is 4.48. The molecule has 1 amide bonds. The fourth-order valence-corrected chi connectivity index (χ4v) is 3.20. The lowest BCUT2D eigenvalue weighted by Gasteiger charge is -2.37. The number of carboxylic acid groups (broad SMARTS) is 1. The van der Waals surface area contributed by atoms with Crippen LogP contribution in [-0.4, -0.2) is 39.1 Å². The van der Waals surface area contributed by atoms with Gasteiger partial charge in [0.15, 0.2) is 0 Å². The number of carbonyl (C=O) groups excluding carboxylic acids is 1. The van der Waals surface area contributed by atoms with Crippen LogP contribution >= 0.6 is 11.8 Å². The zero-order valence-corrected chi connectivity index (χ0v) is 10.7. The van der Waals surface area contributed by atoms with E-state index < -0.39 is 11.5 Å². The van der Waals surface area contributed by atoms with E-state index in [9.17, 15) is 14.7 Å². The predicted molar refractivity (Wildman–Crippen MR) is 64.7 cm³/mol. The van der Waals surface area contributed by atoms with Crippen LogP contribution in [0.15, 0.2) is 0 Å². The smallest absolute Gasteiger partial charge is 0.329 e. The third-order valence-corrected chi connectivity index (χ3v) is 3.86. The van der Waals surface area contributed by atoms with Crippen LogP contribution in [0.1, 0.15) is 39.5 Å². The van der Waals surface area contributed by atoms with Gasteiger partial charge in [0.1, 0.15) is 5.54 Å². The van der Waals surface area contributed by atoms with Crippen LogP contribution in [0.5, 0.6) is 0 Å². The van der Waals surface area contributed by atoms with Crippen LogP contribution in [0.2, 0.25) is 0 Å². The Morgan fingerprint density at radius 3 is 2.31 bits per heavy atom. The molecule has 0 saturated carbocycles. The highest BCUT2D eigenvalue weighted by atomic mass is 32.2. The molecular formula is C11H19NO3S. The Balaban J connectivity index is 2.98. The summed E-state index contributed by atoms with van der Waals surface area (Å²) < 4.78 is 0. The van der Waals surface area contributed by atoms with Crippen molar-refractivity contribution in [1.29, 1.82) is 0 Å². The molecule has 1 rings (SSSR count). The molecule has 4 nitrogen and oxygen atoms in total. The average Bonchev–Trinajstić information content (AvgIpc) is 2.64. The first kappa shape index (κ1) is 13.4. The van der Waals surface area contributed by atoms with Gasteiger partial charge in [-0.25, -0.2) is 4.79 Å². The number of rotatable bonds is 6. The summed E-state index contributed by atoms with van der Waals surface area (Å²) in [4.78, 5) is 24.8. The molecule has 0 bridgehead atoms.